The standard InChI is InChI=1S/C4H5BrO3/c1-2-3-7-4(6)8-5/h2H,1,3H2. The molecule has 0 unspecified atom stereocenters. The van der Waals surface area contributed by atoms with Crippen LogP contribution < -0.4 is 0 Å². The van der Waals surface area contributed by atoms with Crippen molar-refractivity contribution in [1.82, 2.24) is 0 Å². The number of carbonyl (C=O) groups excluding carboxylic acids is 1. The molecular weight excluding hydrogens is 176 g/mol. The number of hydrogen-bond donors (Lipinski definition) is 0. The van der Waals surface area contributed by atoms with E-state index in [1.54, 1.807) is 0 Å². The number of carbonyl (C=O) groups is 1. The lowest BCUT2D eigenvalue weighted by molar-refractivity contribution is 0.120. The van der Waals surface area contributed by atoms with Crippen LogP contribution in [0.5, 0.6) is 0 Å². The topological polar surface area (TPSA) is 35.5 Å². The fraction of sp³-hybridized carbons (Fsp3) is 0.250. The van der Waals surface area contributed by atoms with Crippen LogP contribution in [0.15, 0.2) is 12.7 Å². The Morgan fingerprint density at radius 3 is 2.88 bits per heavy atom. The van der Waals surface area contributed by atoms with Gasteiger partial charge in [-0.2, -0.15) is 0 Å². The molecule has 0 radical (unpaired) electrons. The van der Waals surface area contributed by atoms with Crippen molar-refractivity contribution in [1.29, 1.82) is 0 Å². The minimum Gasteiger partial charge on any atom is -0.429 e. The Balaban J connectivity index is 3.11. The van der Waals surface area contributed by atoms with E-state index in [2.05, 4.69) is 31.4 Å². The van der Waals surface area contributed by atoms with Gasteiger partial charge in [0, 0.05) is 0 Å². The monoisotopic (exact) mass is 180 g/mol. The maximum absolute atomic E-state index is 10.0. The highest BCUT2D eigenvalue weighted by Crippen LogP contribution is 1.89. The Kier molecular flexibility index (Phi) is 4.35. The normalized spacial score (nSPS) is 7.62. The predicted octanol–water partition coefficient (Wildman–Crippen LogP) is 1.64. The fourth-order valence-corrected chi connectivity index (χ4v) is 0.243. The predicted molar refractivity (Wildman–Crippen MR) is 31.6 cm³/mol. The summed E-state index contributed by atoms with van der Waals surface area (Å²) in [6.07, 6.45) is 0.689. The zero-order chi connectivity index (χ0) is 6.41. The number of ether oxygens (including phenoxy) is 1. The zero-order valence-electron chi connectivity index (χ0n) is 4.09. The van der Waals surface area contributed by atoms with Crippen molar-refractivity contribution in [2.24, 2.45) is 0 Å². The first kappa shape index (κ1) is 7.49. The SMILES string of the molecule is C=CCOC(=O)OBr. The second-order valence-electron chi connectivity index (χ2n) is 0.927. The molecule has 3 nitrogen and oxygen atoms in total. The highest BCUT2D eigenvalue weighted by atomic mass is 79.9. The van der Waals surface area contributed by atoms with E-state index in [9.17, 15) is 4.79 Å². The Morgan fingerprint density at radius 2 is 2.50 bits per heavy atom. The lowest BCUT2D eigenvalue weighted by Gasteiger charge is -1.93. The van der Waals surface area contributed by atoms with Crippen molar-refractivity contribution in [3.8, 4) is 0 Å². The van der Waals surface area contributed by atoms with Crippen molar-refractivity contribution in [2.75, 3.05) is 6.61 Å². The van der Waals surface area contributed by atoms with Crippen molar-refractivity contribution in [2.45, 2.75) is 0 Å². The van der Waals surface area contributed by atoms with Gasteiger partial charge in [0.2, 0.25) is 0 Å². The van der Waals surface area contributed by atoms with Gasteiger partial charge in [-0.05, 0) is 0 Å². The lowest BCUT2D eigenvalue weighted by atomic mass is 10.7. The third-order valence-corrected chi connectivity index (χ3v) is 0.646. The highest BCUT2D eigenvalue weighted by Gasteiger charge is 1.96. The maximum Gasteiger partial charge on any atom is 0.520 e. The van der Waals surface area contributed by atoms with E-state index in [0.717, 1.165) is 0 Å². The molecule has 0 aromatic rings. The first-order chi connectivity index (χ1) is 3.81. The summed E-state index contributed by atoms with van der Waals surface area (Å²) in [6.45, 7) is 3.49. The molecule has 0 N–H and O–H groups in total. The van der Waals surface area contributed by atoms with Gasteiger partial charge in [-0.25, -0.2) is 4.79 Å². The molecule has 8 heavy (non-hydrogen) atoms. The van der Waals surface area contributed by atoms with Gasteiger partial charge in [0.15, 0.2) is 16.3 Å². The molecule has 0 saturated heterocycles. The second-order valence-corrected chi connectivity index (χ2v) is 1.25. The van der Waals surface area contributed by atoms with Crippen LogP contribution in [0.2, 0.25) is 0 Å². The summed E-state index contributed by atoms with van der Waals surface area (Å²) in [4.78, 5) is 10.0. The minimum atomic E-state index is -0.759. The summed E-state index contributed by atoms with van der Waals surface area (Å²) in [5.74, 6) is 0. The quantitative estimate of drug-likeness (QED) is 0.479. The molecule has 0 spiro atoms. The van der Waals surface area contributed by atoms with Crippen LogP contribution in [0.1, 0.15) is 0 Å². The van der Waals surface area contributed by atoms with E-state index in [-0.39, 0.29) is 6.61 Å². The van der Waals surface area contributed by atoms with Gasteiger partial charge in [0.25, 0.3) is 0 Å². The molecule has 0 fully saturated rings. The summed E-state index contributed by atoms with van der Waals surface area (Å²) in [6, 6.07) is 0. The van der Waals surface area contributed by atoms with Crippen LogP contribution in [-0.2, 0) is 8.57 Å². The van der Waals surface area contributed by atoms with Crippen LogP contribution >= 0.6 is 16.3 Å². The molecule has 0 rings (SSSR count). The second kappa shape index (κ2) is 4.64. The molecule has 0 aromatic carbocycles. The zero-order valence-corrected chi connectivity index (χ0v) is 5.68. The molecule has 0 atom stereocenters. The average Bonchev–Trinajstić information content (AvgIpc) is 1.83. The van der Waals surface area contributed by atoms with Gasteiger partial charge in [-0.1, -0.05) is 12.7 Å². The highest BCUT2D eigenvalue weighted by molar-refractivity contribution is 9.06. The summed E-state index contributed by atoms with van der Waals surface area (Å²) < 4.78 is 8.27. The minimum absolute atomic E-state index is 0.171. The Hall–Kier alpha value is -0.510. The molecule has 0 aromatic heterocycles. The largest absolute Gasteiger partial charge is 0.520 e. The van der Waals surface area contributed by atoms with E-state index in [1.165, 1.54) is 6.08 Å². The first-order valence-electron chi connectivity index (χ1n) is 1.87. The van der Waals surface area contributed by atoms with Crippen molar-refractivity contribution >= 4 is 22.4 Å². The molecule has 0 aliphatic heterocycles. The van der Waals surface area contributed by atoms with E-state index < -0.39 is 6.16 Å². The number of hydrogen-bond acceptors (Lipinski definition) is 3. The molecule has 0 heterocycles. The van der Waals surface area contributed by atoms with Crippen LogP contribution in [0.3, 0.4) is 0 Å². The van der Waals surface area contributed by atoms with Gasteiger partial charge in [0.05, 0.1) is 0 Å². The number of halogens is 1. The third kappa shape index (κ3) is 3.67. The third-order valence-electron chi connectivity index (χ3n) is 0.382. The Labute approximate surface area is 55.7 Å². The maximum atomic E-state index is 10.0. The van der Waals surface area contributed by atoms with E-state index >= 15 is 0 Å². The molecule has 46 valence electrons. The van der Waals surface area contributed by atoms with E-state index in [0.29, 0.717) is 0 Å². The molecule has 0 bridgehead atoms. The van der Waals surface area contributed by atoms with Crippen LogP contribution in [0.4, 0.5) is 4.79 Å². The van der Waals surface area contributed by atoms with Crippen molar-refractivity contribution < 1.29 is 13.4 Å². The van der Waals surface area contributed by atoms with Gasteiger partial charge >= 0.3 is 6.16 Å². The van der Waals surface area contributed by atoms with Crippen LogP contribution in [0, 0.1) is 0 Å². The van der Waals surface area contributed by atoms with Gasteiger partial charge in [0.1, 0.15) is 6.61 Å². The van der Waals surface area contributed by atoms with Gasteiger partial charge < -0.3 is 8.57 Å². The summed E-state index contributed by atoms with van der Waals surface area (Å²) in [5.41, 5.74) is 0. The lowest BCUT2D eigenvalue weighted by Crippen LogP contribution is -1.99. The fourth-order valence-electron chi connectivity index (χ4n) is 0.149. The van der Waals surface area contributed by atoms with Gasteiger partial charge in [-0.3, -0.25) is 0 Å². The molecule has 0 aliphatic carbocycles. The van der Waals surface area contributed by atoms with Crippen molar-refractivity contribution in [3.63, 3.8) is 0 Å². The summed E-state index contributed by atoms with van der Waals surface area (Å²) in [7, 11) is 0. The first-order valence-corrected chi connectivity index (χ1v) is 2.52. The van der Waals surface area contributed by atoms with Gasteiger partial charge in [-0.15, -0.1) is 0 Å². The summed E-state index contributed by atoms with van der Waals surface area (Å²) >= 11 is 2.44. The Morgan fingerprint density at radius 1 is 1.88 bits per heavy atom. The van der Waals surface area contributed by atoms with Crippen molar-refractivity contribution in [3.05, 3.63) is 12.7 Å². The molecule has 0 aliphatic rings. The molecule has 0 amide bonds. The van der Waals surface area contributed by atoms with Crippen LogP contribution in [-0.4, -0.2) is 12.8 Å². The van der Waals surface area contributed by atoms with E-state index in [1.807, 2.05) is 0 Å². The number of rotatable bonds is 2. The Bertz CT molecular complexity index is 91.3. The molecular formula is C4H5BrO3. The smallest absolute Gasteiger partial charge is 0.429 e. The molecule has 0 saturated carbocycles. The summed E-state index contributed by atoms with van der Waals surface area (Å²) in [5, 5.41) is 0. The average molecular weight is 181 g/mol. The van der Waals surface area contributed by atoms with E-state index in [4.69, 9.17) is 0 Å². The van der Waals surface area contributed by atoms with Crippen LogP contribution in [0.25, 0.3) is 0 Å². The molecule has 4 heteroatoms.